The minimum Gasteiger partial charge on any atom is -0.338 e. The summed E-state index contributed by atoms with van der Waals surface area (Å²) in [6.07, 6.45) is -1.29. The molecule has 3 rings (SSSR count). The van der Waals surface area contributed by atoms with Crippen LogP contribution < -0.4 is 10.2 Å². The van der Waals surface area contributed by atoms with Crippen LogP contribution in [0.3, 0.4) is 0 Å². The van der Waals surface area contributed by atoms with Gasteiger partial charge in [-0.05, 0) is 31.2 Å². The summed E-state index contributed by atoms with van der Waals surface area (Å²) in [6.45, 7) is 4.05. The first-order valence-corrected chi connectivity index (χ1v) is 9.07. The minimum atomic E-state index is -4.61. The molecule has 1 aliphatic heterocycles. The van der Waals surface area contributed by atoms with E-state index in [1.807, 2.05) is 9.80 Å². The van der Waals surface area contributed by atoms with Gasteiger partial charge >= 0.3 is 6.18 Å². The summed E-state index contributed by atoms with van der Waals surface area (Å²) in [5.74, 6) is 0.118. The van der Waals surface area contributed by atoms with E-state index in [0.29, 0.717) is 32.1 Å². The largest absolute Gasteiger partial charge is 0.418 e. The molecule has 150 valence electrons. The zero-order valence-electron chi connectivity index (χ0n) is 15.1. The summed E-state index contributed by atoms with van der Waals surface area (Å²) in [5.41, 5.74) is -1.27. The van der Waals surface area contributed by atoms with Crippen molar-refractivity contribution in [2.45, 2.75) is 19.1 Å². The molecule has 1 atom stereocenters. The Morgan fingerprint density at radius 3 is 2.43 bits per heavy atom. The Labute approximate surface area is 165 Å². The molecule has 1 aliphatic rings. The van der Waals surface area contributed by atoms with Crippen molar-refractivity contribution in [1.29, 1.82) is 0 Å². The first kappa shape index (κ1) is 20.3. The van der Waals surface area contributed by atoms with E-state index >= 15 is 0 Å². The molecule has 0 bridgehead atoms. The van der Waals surface area contributed by atoms with Crippen LogP contribution in [0.25, 0.3) is 0 Å². The molecular weight excluding hydrogens is 395 g/mol. The van der Waals surface area contributed by atoms with Gasteiger partial charge in [-0.2, -0.15) is 13.2 Å². The maximum absolute atomic E-state index is 13.2. The quantitative estimate of drug-likeness (QED) is 0.833. The molecule has 1 aromatic carbocycles. The van der Waals surface area contributed by atoms with Crippen molar-refractivity contribution in [2.75, 3.05) is 36.4 Å². The molecular formula is C18H19ClF3N5O. The third-order valence-electron chi connectivity index (χ3n) is 4.62. The number of anilines is 2. The third kappa shape index (κ3) is 4.71. The highest BCUT2D eigenvalue weighted by Crippen LogP contribution is 2.36. The fourth-order valence-corrected chi connectivity index (χ4v) is 3.20. The van der Waals surface area contributed by atoms with E-state index in [-0.39, 0.29) is 10.7 Å². The lowest BCUT2D eigenvalue weighted by molar-refractivity contribution is -0.137. The summed E-state index contributed by atoms with van der Waals surface area (Å²) in [5, 5.41) is 2.34. The van der Waals surface area contributed by atoms with Crippen LogP contribution in [0.4, 0.5) is 24.8 Å². The number of halogens is 4. The highest BCUT2D eigenvalue weighted by Gasteiger charge is 2.35. The van der Waals surface area contributed by atoms with Crippen molar-refractivity contribution in [3.63, 3.8) is 0 Å². The topological polar surface area (TPSA) is 61.4 Å². The predicted octanol–water partition coefficient (Wildman–Crippen LogP) is 3.30. The molecule has 6 nitrogen and oxygen atoms in total. The van der Waals surface area contributed by atoms with Crippen LogP contribution in [0.15, 0.2) is 36.7 Å². The monoisotopic (exact) mass is 413 g/mol. The summed E-state index contributed by atoms with van der Waals surface area (Å²) in [7, 11) is 0. The summed E-state index contributed by atoms with van der Waals surface area (Å²) in [6, 6.07) is 4.44. The molecule has 1 fully saturated rings. The SMILES string of the molecule is C[C@H](C(=O)Nc1ccc(Cl)cc1C(F)(F)F)N1CCN(c2ncccn2)CC1. The van der Waals surface area contributed by atoms with Crippen molar-refractivity contribution in [3.8, 4) is 0 Å². The van der Waals surface area contributed by atoms with Gasteiger partial charge in [-0.15, -0.1) is 0 Å². The molecule has 0 unspecified atom stereocenters. The van der Waals surface area contributed by atoms with Gasteiger partial charge in [0.1, 0.15) is 0 Å². The molecule has 1 amide bonds. The number of carbonyl (C=O) groups is 1. The molecule has 1 saturated heterocycles. The second kappa shape index (κ2) is 8.32. The maximum Gasteiger partial charge on any atom is 0.418 e. The number of rotatable bonds is 4. The third-order valence-corrected chi connectivity index (χ3v) is 4.86. The highest BCUT2D eigenvalue weighted by atomic mass is 35.5. The Hall–Kier alpha value is -2.39. The van der Waals surface area contributed by atoms with Gasteiger partial charge in [0.15, 0.2) is 0 Å². The molecule has 28 heavy (non-hydrogen) atoms. The highest BCUT2D eigenvalue weighted by molar-refractivity contribution is 6.30. The first-order valence-electron chi connectivity index (χ1n) is 8.69. The average molecular weight is 414 g/mol. The molecule has 0 radical (unpaired) electrons. The Morgan fingerprint density at radius 1 is 1.18 bits per heavy atom. The number of aromatic nitrogens is 2. The van der Waals surface area contributed by atoms with E-state index in [1.54, 1.807) is 25.4 Å². The number of hydrogen-bond donors (Lipinski definition) is 1. The number of benzene rings is 1. The van der Waals surface area contributed by atoms with Gasteiger partial charge in [-0.1, -0.05) is 11.6 Å². The van der Waals surface area contributed by atoms with Crippen LogP contribution in [-0.4, -0.2) is 53.0 Å². The summed E-state index contributed by atoms with van der Waals surface area (Å²) >= 11 is 5.67. The van der Waals surface area contributed by atoms with Crippen molar-refractivity contribution < 1.29 is 18.0 Å². The number of nitrogens with zero attached hydrogens (tertiary/aromatic N) is 4. The van der Waals surface area contributed by atoms with Crippen molar-refractivity contribution in [3.05, 3.63) is 47.2 Å². The Morgan fingerprint density at radius 2 is 1.82 bits per heavy atom. The van der Waals surface area contributed by atoms with Gasteiger partial charge in [0.05, 0.1) is 17.3 Å². The lowest BCUT2D eigenvalue weighted by Gasteiger charge is -2.37. The van der Waals surface area contributed by atoms with Crippen LogP contribution in [0.1, 0.15) is 12.5 Å². The van der Waals surface area contributed by atoms with E-state index in [0.717, 1.165) is 6.07 Å². The van der Waals surface area contributed by atoms with Gasteiger partial charge in [0, 0.05) is 43.6 Å². The number of piperazine rings is 1. The second-order valence-corrected chi connectivity index (χ2v) is 6.86. The zero-order chi connectivity index (χ0) is 20.3. The van der Waals surface area contributed by atoms with Gasteiger partial charge in [-0.25, -0.2) is 9.97 Å². The Bertz CT molecular complexity index is 826. The average Bonchev–Trinajstić information content (AvgIpc) is 2.68. The van der Waals surface area contributed by atoms with Crippen molar-refractivity contribution in [2.24, 2.45) is 0 Å². The fourth-order valence-electron chi connectivity index (χ4n) is 3.03. The van der Waals surface area contributed by atoms with Crippen LogP contribution in [0.5, 0.6) is 0 Å². The lowest BCUT2D eigenvalue weighted by atomic mass is 10.1. The van der Waals surface area contributed by atoms with Gasteiger partial charge < -0.3 is 10.2 Å². The second-order valence-electron chi connectivity index (χ2n) is 6.42. The van der Waals surface area contributed by atoms with E-state index < -0.39 is 23.7 Å². The predicted molar refractivity (Wildman–Crippen MR) is 100 cm³/mol. The smallest absolute Gasteiger partial charge is 0.338 e. The molecule has 2 heterocycles. The van der Waals surface area contributed by atoms with Crippen LogP contribution >= 0.6 is 11.6 Å². The minimum absolute atomic E-state index is 0.0439. The van der Waals surface area contributed by atoms with E-state index in [9.17, 15) is 18.0 Å². The Balaban J connectivity index is 1.63. The number of hydrogen-bond acceptors (Lipinski definition) is 5. The molecule has 1 aromatic heterocycles. The molecule has 0 aliphatic carbocycles. The Kier molecular flexibility index (Phi) is 6.04. The zero-order valence-corrected chi connectivity index (χ0v) is 15.8. The van der Waals surface area contributed by atoms with Crippen LogP contribution in [-0.2, 0) is 11.0 Å². The lowest BCUT2D eigenvalue weighted by Crippen LogP contribution is -2.53. The van der Waals surface area contributed by atoms with E-state index in [4.69, 9.17) is 11.6 Å². The van der Waals surface area contributed by atoms with Gasteiger partial charge in [0.25, 0.3) is 0 Å². The molecule has 2 aromatic rings. The van der Waals surface area contributed by atoms with Gasteiger partial charge in [-0.3, -0.25) is 9.69 Å². The fraction of sp³-hybridized carbons (Fsp3) is 0.389. The normalized spacial score (nSPS) is 16.7. The van der Waals surface area contributed by atoms with Crippen molar-refractivity contribution in [1.82, 2.24) is 14.9 Å². The summed E-state index contributed by atoms with van der Waals surface area (Å²) in [4.78, 5) is 24.9. The first-order chi connectivity index (χ1) is 13.3. The summed E-state index contributed by atoms with van der Waals surface area (Å²) < 4.78 is 39.6. The number of carbonyl (C=O) groups excluding carboxylic acids is 1. The standard InChI is InChI=1S/C18H19ClF3N5O/c1-12(26-7-9-27(10-8-26)17-23-5-2-6-24-17)16(28)25-15-4-3-13(19)11-14(15)18(20,21)22/h2-6,11-12H,7-10H2,1H3,(H,25,28)/t12-/m1/s1. The van der Waals surface area contributed by atoms with Crippen LogP contribution in [0, 0.1) is 0 Å². The maximum atomic E-state index is 13.2. The molecule has 10 heteroatoms. The van der Waals surface area contributed by atoms with Gasteiger partial charge in [0.2, 0.25) is 11.9 Å². The molecule has 1 N–H and O–H groups in total. The van der Waals surface area contributed by atoms with Crippen LogP contribution in [0.2, 0.25) is 5.02 Å². The molecule has 0 spiro atoms. The number of amides is 1. The van der Waals surface area contributed by atoms with E-state index in [2.05, 4.69) is 15.3 Å². The number of alkyl halides is 3. The molecule has 0 saturated carbocycles. The van der Waals surface area contributed by atoms with Crippen molar-refractivity contribution >= 4 is 29.1 Å². The van der Waals surface area contributed by atoms with E-state index in [1.165, 1.54) is 12.1 Å². The number of nitrogens with one attached hydrogen (secondary N) is 1.